The lowest BCUT2D eigenvalue weighted by Crippen LogP contribution is -2.10. The number of halogens is 1. The molecule has 90 valence electrons. The molecule has 2 heteroatoms. The molecule has 0 N–H and O–H groups in total. The van der Waals surface area contributed by atoms with Crippen LogP contribution in [0.3, 0.4) is 0 Å². The van der Waals surface area contributed by atoms with Gasteiger partial charge >= 0.3 is 0 Å². The first-order valence-electron chi connectivity index (χ1n) is 6.07. The summed E-state index contributed by atoms with van der Waals surface area (Å²) in [5.74, 6) is 0.441. The number of fused-ring (bicyclic) bond motifs is 1. The summed E-state index contributed by atoms with van der Waals surface area (Å²) in [5, 5.41) is 0. The van der Waals surface area contributed by atoms with Crippen molar-refractivity contribution < 1.29 is 4.79 Å². The third kappa shape index (κ3) is 1.64. The molecule has 0 radical (unpaired) electrons. The highest BCUT2D eigenvalue weighted by atomic mass is 79.9. The summed E-state index contributed by atoms with van der Waals surface area (Å²) in [7, 11) is 0. The van der Waals surface area contributed by atoms with Gasteiger partial charge in [0.2, 0.25) is 0 Å². The lowest BCUT2D eigenvalue weighted by Gasteiger charge is -2.17. The van der Waals surface area contributed by atoms with E-state index in [1.165, 1.54) is 5.56 Å². The monoisotopic (exact) mass is 300 g/mol. The minimum Gasteiger partial charge on any atom is -0.294 e. The number of carbonyl (C=O) groups excluding carboxylic acids is 1. The van der Waals surface area contributed by atoms with Crippen molar-refractivity contribution in [1.82, 2.24) is 0 Å². The van der Waals surface area contributed by atoms with E-state index in [-0.39, 0.29) is 17.6 Å². The first kappa shape index (κ1) is 11.7. The zero-order valence-electron chi connectivity index (χ0n) is 10.1. The average Bonchev–Trinajstić information content (AvgIpc) is 2.64. The van der Waals surface area contributed by atoms with E-state index in [0.29, 0.717) is 0 Å². The molecule has 1 aliphatic carbocycles. The van der Waals surface area contributed by atoms with Crippen molar-refractivity contribution in [1.29, 1.82) is 0 Å². The van der Waals surface area contributed by atoms with E-state index >= 15 is 0 Å². The van der Waals surface area contributed by atoms with Crippen molar-refractivity contribution in [2.75, 3.05) is 0 Å². The molecule has 3 rings (SSSR count). The Balaban J connectivity index is 2.20. The summed E-state index contributed by atoms with van der Waals surface area (Å²) in [6, 6.07) is 16.1. The van der Waals surface area contributed by atoms with Crippen LogP contribution in [-0.2, 0) is 0 Å². The first-order valence-corrected chi connectivity index (χ1v) is 6.87. The molecule has 2 aromatic carbocycles. The SMILES string of the molecule is CC1C(=O)c2ccccc2C1c1ccccc1Br. The van der Waals surface area contributed by atoms with E-state index in [1.807, 2.05) is 43.3 Å². The maximum atomic E-state index is 12.3. The van der Waals surface area contributed by atoms with Gasteiger partial charge in [0.25, 0.3) is 0 Å². The first-order chi connectivity index (χ1) is 8.70. The van der Waals surface area contributed by atoms with Gasteiger partial charge in [-0.05, 0) is 17.2 Å². The molecule has 2 aromatic rings. The fourth-order valence-corrected chi connectivity index (χ4v) is 3.35. The number of Topliss-reactive ketones (excluding diaryl/α,β-unsaturated/α-hetero) is 1. The minimum atomic E-state index is 0.0149. The summed E-state index contributed by atoms with van der Waals surface area (Å²) in [6.07, 6.45) is 0. The average molecular weight is 301 g/mol. The van der Waals surface area contributed by atoms with Gasteiger partial charge in [0.05, 0.1) is 0 Å². The number of hydrogen-bond donors (Lipinski definition) is 0. The van der Waals surface area contributed by atoms with E-state index in [2.05, 4.69) is 28.1 Å². The van der Waals surface area contributed by atoms with E-state index < -0.39 is 0 Å². The second-order valence-corrected chi connectivity index (χ2v) is 5.59. The van der Waals surface area contributed by atoms with E-state index in [0.717, 1.165) is 15.6 Å². The molecule has 18 heavy (non-hydrogen) atoms. The minimum absolute atomic E-state index is 0.0149. The van der Waals surface area contributed by atoms with Crippen LogP contribution in [0.4, 0.5) is 0 Å². The highest BCUT2D eigenvalue weighted by molar-refractivity contribution is 9.10. The molecular weight excluding hydrogens is 288 g/mol. The zero-order chi connectivity index (χ0) is 12.7. The molecule has 0 aliphatic heterocycles. The smallest absolute Gasteiger partial charge is 0.166 e. The van der Waals surface area contributed by atoms with E-state index in [9.17, 15) is 4.79 Å². The molecule has 0 aromatic heterocycles. The van der Waals surface area contributed by atoms with Gasteiger partial charge in [-0.3, -0.25) is 4.79 Å². The van der Waals surface area contributed by atoms with Crippen molar-refractivity contribution in [3.8, 4) is 0 Å². The van der Waals surface area contributed by atoms with Crippen molar-refractivity contribution in [2.24, 2.45) is 5.92 Å². The van der Waals surface area contributed by atoms with Crippen LogP contribution in [0.1, 0.15) is 34.3 Å². The fourth-order valence-electron chi connectivity index (χ4n) is 2.82. The quantitative estimate of drug-likeness (QED) is 0.762. The Hall–Kier alpha value is -1.41. The number of rotatable bonds is 1. The number of ketones is 1. The van der Waals surface area contributed by atoms with Gasteiger partial charge in [-0.15, -0.1) is 0 Å². The van der Waals surface area contributed by atoms with Crippen molar-refractivity contribution in [3.63, 3.8) is 0 Å². The number of carbonyl (C=O) groups is 1. The van der Waals surface area contributed by atoms with Crippen LogP contribution in [0.5, 0.6) is 0 Å². The Morgan fingerprint density at radius 3 is 2.28 bits per heavy atom. The summed E-state index contributed by atoms with van der Waals surface area (Å²) in [5.41, 5.74) is 3.23. The topological polar surface area (TPSA) is 17.1 Å². The zero-order valence-corrected chi connectivity index (χ0v) is 11.6. The molecule has 1 aliphatic rings. The summed E-state index contributed by atoms with van der Waals surface area (Å²) >= 11 is 3.59. The largest absolute Gasteiger partial charge is 0.294 e. The maximum Gasteiger partial charge on any atom is 0.166 e. The van der Waals surface area contributed by atoms with Gasteiger partial charge < -0.3 is 0 Å². The molecule has 0 spiro atoms. The standard InChI is InChI=1S/C16H13BrO/c1-10-15(13-8-4-5-9-14(13)17)11-6-2-3-7-12(11)16(10)18/h2-10,15H,1H3. The molecule has 2 atom stereocenters. The van der Waals surface area contributed by atoms with Gasteiger partial charge in [-0.1, -0.05) is 65.3 Å². The van der Waals surface area contributed by atoms with Crippen LogP contribution in [0, 0.1) is 5.92 Å². The van der Waals surface area contributed by atoms with Crippen molar-refractivity contribution in [2.45, 2.75) is 12.8 Å². The van der Waals surface area contributed by atoms with Crippen LogP contribution < -0.4 is 0 Å². The van der Waals surface area contributed by atoms with Crippen LogP contribution in [0.25, 0.3) is 0 Å². The van der Waals surface area contributed by atoms with Gasteiger partial charge in [-0.25, -0.2) is 0 Å². The van der Waals surface area contributed by atoms with Crippen LogP contribution in [-0.4, -0.2) is 5.78 Å². The third-order valence-electron chi connectivity index (χ3n) is 3.72. The molecule has 1 nitrogen and oxygen atoms in total. The predicted octanol–water partition coefficient (Wildman–Crippen LogP) is 4.41. The van der Waals surface area contributed by atoms with E-state index in [4.69, 9.17) is 0 Å². The third-order valence-corrected chi connectivity index (χ3v) is 4.44. The molecule has 0 saturated heterocycles. The number of benzene rings is 2. The van der Waals surface area contributed by atoms with Gasteiger partial charge in [0.15, 0.2) is 5.78 Å². The Kier molecular flexibility index (Phi) is 2.83. The van der Waals surface area contributed by atoms with Gasteiger partial charge in [0, 0.05) is 21.9 Å². The molecule has 0 amide bonds. The molecular formula is C16H13BrO. The van der Waals surface area contributed by atoms with Gasteiger partial charge in [0.1, 0.15) is 0 Å². The second-order valence-electron chi connectivity index (χ2n) is 4.74. The number of hydrogen-bond acceptors (Lipinski definition) is 1. The fraction of sp³-hybridized carbons (Fsp3) is 0.188. The highest BCUT2D eigenvalue weighted by Gasteiger charge is 2.37. The second kappa shape index (κ2) is 4.36. The Bertz CT molecular complexity index is 618. The van der Waals surface area contributed by atoms with Crippen molar-refractivity contribution in [3.05, 3.63) is 69.7 Å². The highest BCUT2D eigenvalue weighted by Crippen LogP contribution is 2.44. The molecule has 0 fully saturated rings. The summed E-state index contributed by atoms with van der Waals surface area (Å²) in [4.78, 5) is 12.3. The molecule has 0 bridgehead atoms. The molecule has 0 saturated carbocycles. The Morgan fingerprint density at radius 2 is 1.56 bits per heavy atom. The Labute approximate surface area is 115 Å². The predicted molar refractivity (Wildman–Crippen MR) is 75.9 cm³/mol. The summed E-state index contributed by atoms with van der Waals surface area (Å²) in [6.45, 7) is 2.02. The lowest BCUT2D eigenvalue weighted by molar-refractivity contribution is 0.0939. The lowest BCUT2D eigenvalue weighted by atomic mass is 9.87. The summed E-state index contributed by atoms with van der Waals surface area (Å²) < 4.78 is 1.08. The van der Waals surface area contributed by atoms with Gasteiger partial charge in [-0.2, -0.15) is 0 Å². The molecule has 2 unspecified atom stereocenters. The van der Waals surface area contributed by atoms with Crippen LogP contribution in [0.2, 0.25) is 0 Å². The maximum absolute atomic E-state index is 12.3. The van der Waals surface area contributed by atoms with Crippen LogP contribution in [0.15, 0.2) is 53.0 Å². The van der Waals surface area contributed by atoms with Crippen LogP contribution >= 0.6 is 15.9 Å². The van der Waals surface area contributed by atoms with E-state index in [1.54, 1.807) is 0 Å². The normalized spacial score (nSPS) is 22.0. The molecule has 0 heterocycles. The Morgan fingerprint density at radius 1 is 0.944 bits per heavy atom. The van der Waals surface area contributed by atoms with Crippen molar-refractivity contribution >= 4 is 21.7 Å².